The van der Waals surface area contributed by atoms with Crippen molar-refractivity contribution in [2.24, 2.45) is 5.92 Å². The van der Waals surface area contributed by atoms with Crippen molar-refractivity contribution < 1.29 is 18.0 Å². The highest BCUT2D eigenvalue weighted by Crippen LogP contribution is 2.49. The third-order valence-electron chi connectivity index (χ3n) is 4.19. The Morgan fingerprint density at radius 1 is 1.52 bits per heavy atom. The summed E-state index contributed by atoms with van der Waals surface area (Å²) in [6, 6.07) is 0. The van der Waals surface area contributed by atoms with E-state index >= 15 is 0 Å². The van der Waals surface area contributed by atoms with E-state index in [0.717, 1.165) is 20.6 Å². The van der Waals surface area contributed by atoms with Crippen LogP contribution in [0.5, 0.6) is 0 Å². The van der Waals surface area contributed by atoms with Crippen molar-refractivity contribution in [2.75, 3.05) is 0 Å². The molecule has 3 aromatic heterocycles. The first kappa shape index (κ1) is 17.5. The van der Waals surface area contributed by atoms with Crippen molar-refractivity contribution in [2.45, 2.75) is 32.4 Å². The minimum atomic E-state index is -2.73. The number of nitrogens with zero attached hydrogens (tertiary/aromatic N) is 5. The number of hydrogen-bond acceptors (Lipinski definition) is 7. The van der Waals surface area contributed by atoms with Gasteiger partial charge in [0.2, 0.25) is 0 Å². The smallest absolute Gasteiger partial charge is 0.352 e. The van der Waals surface area contributed by atoms with Crippen molar-refractivity contribution in [3.63, 3.8) is 0 Å². The van der Waals surface area contributed by atoms with Crippen LogP contribution in [0.4, 0.5) is 8.78 Å². The molecule has 1 saturated carbocycles. The third-order valence-corrected chi connectivity index (χ3v) is 5.35. The Hall–Kier alpha value is -2.89. The van der Waals surface area contributed by atoms with E-state index in [1.54, 1.807) is 6.92 Å². The van der Waals surface area contributed by atoms with E-state index in [1.165, 1.54) is 19.0 Å². The Labute approximate surface area is 154 Å². The van der Waals surface area contributed by atoms with Crippen LogP contribution in [0.1, 0.15) is 27.5 Å². The van der Waals surface area contributed by atoms with Crippen molar-refractivity contribution in [3.05, 3.63) is 45.7 Å². The van der Waals surface area contributed by atoms with Gasteiger partial charge in [-0.25, -0.2) is 32.8 Å². The molecule has 9 nitrogen and oxygen atoms in total. The SMILES string of the molecule is Cc1nc(-n2cnn(CC3CC3(F)F)c2=O)sc1C(=O)NCc1cocn1. The van der Waals surface area contributed by atoms with E-state index in [1.807, 2.05) is 0 Å². The predicted octanol–water partition coefficient (Wildman–Crippen LogP) is 1.37. The zero-order chi connectivity index (χ0) is 19.2. The number of aromatic nitrogens is 5. The lowest BCUT2D eigenvalue weighted by Crippen LogP contribution is -2.25. The fourth-order valence-corrected chi connectivity index (χ4v) is 3.49. The molecule has 1 fully saturated rings. The molecule has 27 heavy (non-hydrogen) atoms. The van der Waals surface area contributed by atoms with Crippen LogP contribution in [-0.4, -0.2) is 36.1 Å². The summed E-state index contributed by atoms with van der Waals surface area (Å²) >= 11 is 1.01. The Kier molecular flexibility index (Phi) is 4.13. The monoisotopic (exact) mass is 396 g/mol. The molecular weight excluding hydrogens is 382 g/mol. The number of alkyl halides is 2. The molecule has 1 aliphatic carbocycles. The molecule has 0 aliphatic heterocycles. The number of aryl methyl sites for hydroxylation is 1. The first-order valence-electron chi connectivity index (χ1n) is 8.00. The van der Waals surface area contributed by atoms with Crippen LogP contribution in [-0.2, 0) is 13.1 Å². The molecule has 1 unspecified atom stereocenters. The largest absolute Gasteiger partial charge is 0.451 e. The number of hydrogen-bond donors (Lipinski definition) is 1. The number of amides is 1. The van der Waals surface area contributed by atoms with E-state index in [0.29, 0.717) is 16.3 Å². The number of carbonyl (C=O) groups excluding carboxylic acids is 1. The summed E-state index contributed by atoms with van der Waals surface area (Å²) in [5.74, 6) is -3.96. The van der Waals surface area contributed by atoms with Crippen molar-refractivity contribution in [1.82, 2.24) is 29.6 Å². The summed E-state index contributed by atoms with van der Waals surface area (Å²) in [5, 5.41) is 6.81. The quantitative estimate of drug-likeness (QED) is 0.674. The van der Waals surface area contributed by atoms with Gasteiger partial charge in [-0.3, -0.25) is 4.79 Å². The van der Waals surface area contributed by atoms with E-state index in [2.05, 4.69) is 20.4 Å². The van der Waals surface area contributed by atoms with Gasteiger partial charge in [0.1, 0.15) is 17.5 Å². The van der Waals surface area contributed by atoms with E-state index in [-0.39, 0.29) is 30.5 Å². The lowest BCUT2D eigenvalue weighted by Gasteiger charge is -2.00. The van der Waals surface area contributed by atoms with Crippen molar-refractivity contribution >= 4 is 17.2 Å². The Balaban J connectivity index is 1.50. The number of nitrogens with one attached hydrogen (secondary N) is 1. The molecule has 3 aromatic rings. The number of carbonyl (C=O) groups is 1. The van der Waals surface area contributed by atoms with Crippen LogP contribution in [0.2, 0.25) is 0 Å². The van der Waals surface area contributed by atoms with Crippen LogP contribution in [0.15, 0.2) is 28.2 Å². The van der Waals surface area contributed by atoms with Gasteiger partial charge in [0.05, 0.1) is 24.5 Å². The van der Waals surface area contributed by atoms with Crippen LogP contribution < -0.4 is 11.0 Å². The summed E-state index contributed by atoms with van der Waals surface area (Å²) in [7, 11) is 0. The second kappa shape index (κ2) is 6.37. The van der Waals surface area contributed by atoms with E-state index in [9.17, 15) is 18.4 Å². The summed E-state index contributed by atoms with van der Waals surface area (Å²) in [6.07, 6.45) is 3.67. The highest BCUT2D eigenvalue weighted by Gasteiger charge is 2.57. The van der Waals surface area contributed by atoms with E-state index in [4.69, 9.17) is 4.42 Å². The topological polar surface area (TPSA) is 108 Å². The van der Waals surface area contributed by atoms with Crippen molar-refractivity contribution in [3.8, 4) is 5.13 Å². The molecule has 1 N–H and O–H groups in total. The van der Waals surface area contributed by atoms with Gasteiger partial charge in [-0.1, -0.05) is 11.3 Å². The zero-order valence-corrected chi connectivity index (χ0v) is 14.9. The third kappa shape index (κ3) is 3.39. The Morgan fingerprint density at radius 2 is 2.30 bits per heavy atom. The predicted molar refractivity (Wildman–Crippen MR) is 89.0 cm³/mol. The fraction of sp³-hybridized carbons (Fsp3) is 0.400. The molecule has 3 heterocycles. The van der Waals surface area contributed by atoms with E-state index < -0.39 is 17.5 Å². The molecule has 1 amide bonds. The molecule has 1 aliphatic rings. The number of halogens is 2. The summed E-state index contributed by atoms with van der Waals surface area (Å²) < 4.78 is 33.1. The van der Waals surface area contributed by atoms with Crippen molar-refractivity contribution in [1.29, 1.82) is 0 Å². The van der Waals surface area contributed by atoms with Gasteiger partial charge in [-0.2, -0.15) is 5.10 Å². The highest BCUT2D eigenvalue weighted by atomic mass is 32.1. The van der Waals surface area contributed by atoms with Gasteiger partial charge in [-0.05, 0) is 6.92 Å². The van der Waals surface area contributed by atoms with Crippen LogP contribution in [0.25, 0.3) is 5.13 Å². The average molecular weight is 396 g/mol. The van der Waals surface area contributed by atoms with Gasteiger partial charge in [0, 0.05) is 12.3 Å². The Bertz CT molecular complexity index is 1040. The maximum atomic E-state index is 13.0. The maximum Gasteiger partial charge on any atom is 0.352 e. The molecule has 0 bridgehead atoms. The maximum absolute atomic E-state index is 13.0. The molecule has 0 aromatic carbocycles. The minimum absolute atomic E-state index is 0.145. The highest BCUT2D eigenvalue weighted by molar-refractivity contribution is 7.16. The molecular formula is C15H14F2N6O3S. The van der Waals surface area contributed by atoms with Gasteiger partial charge < -0.3 is 9.73 Å². The lowest BCUT2D eigenvalue weighted by molar-refractivity contribution is 0.0936. The molecule has 1 atom stereocenters. The Morgan fingerprint density at radius 3 is 2.96 bits per heavy atom. The molecule has 0 saturated heterocycles. The number of rotatable bonds is 6. The summed E-state index contributed by atoms with van der Waals surface area (Å²) in [4.78, 5) is 33.2. The van der Waals surface area contributed by atoms with Crippen LogP contribution in [0.3, 0.4) is 0 Å². The first-order chi connectivity index (χ1) is 12.8. The lowest BCUT2D eigenvalue weighted by atomic mass is 10.3. The molecule has 12 heteroatoms. The number of thiazole rings is 1. The van der Waals surface area contributed by atoms with Crippen LogP contribution >= 0.6 is 11.3 Å². The van der Waals surface area contributed by atoms with Gasteiger partial charge in [0.15, 0.2) is 11.5 Å². The fourth-order valence-electron chi connectivity index (χ4n) is 2.54. The van der Waals surface area contributed by atoms with Crippen LogP contribution in [0, 0.1) is 12.8 Å². The summed E-state index contributed by atoms with van der Waals surface area (Å²) in [6.45, 7) is 1.69. The normalized spacial score (nSPS) is 17.8. The first-order valence-corrected chi connectivity index (χ1v) is 8.82. The molecule has 4 rings (SSSR count). The number of oxazole rings is 1. The standard InChI is InChI=1S/C15H14F2N6O3S/c1-8-11(12(24)18-3-10-5-26-7-19-10)27-13(21-8)22-6-20-23(14(22)25)4-9-2-15(9,16)17/h5-7,9H,2-4H2,1H3,(H,18,24). The molecule has 0 spiro atoms. The van der Waals surface area contributed by atoms with Gasteiger partial charge in [-0.15, -0.1) is 0 Å². The zero-order valence-electron chi connectivity index (χ0n) is 14.1. The summed E-state index contributed by atoms with van der Waals surface area (Å²) in [5.41, 5.74) is 0.446. The molecule has 142 valence electrons. The van der Waals surface area contributed by atoms with Gasteiger partial charge >= 0.3 is 5.69 Å². The molecule has 0 radical (unpaired) electrons. The second-order valence-electron chi connectivity index (χ2n) is 6.20. The second-order valence-corrected chi connectivity index (χ2v) is 7.18. The minimum Gasteiger partial charge on any atom is -0.451 e. The van der Waals surface area contributed by atoms with Gasteiger partial charge in [0.25, 0.3) is 11.8 Å². The average Bonchev–Trinajstić information content (AvgIpc) is 3.09.